The predicted octanol–water partition coefficient (Wildman–Crippen LogP) is 3.74. The number of carbonyl (C=O) groups excluding carboxylic acids is 3. The smallest absolute Gasteiger partial charge is 0.273 e. The Morgan fingerprint density at radius 3 is 2.24 bits per heavy atom. The second-order valence-electron chi connectivity index (χ2n) is 10.4. The number of nitrogens with two attached hydrogens (primary N) is 1. The van der Waals surface area contributed by atoms with E-state index in [9.17, 15) is 14.4 Å². The van der Waals surface area contributed by atoms with E-state index in [0.29, 0.717) is 24.8 Å². The van der Waals surface area contributed by atoms with Crippen LogP contribution in [0.4, 0.5) is 5.69 Å². The molecule has 210 valence electrons. The molecular weight excluding hydrogens is 482 g/mol. The third-order valence-corrected chi connectivity index (χ3v) is 4.71. The van der Waals surface area contributed by atoms with Gasteiger partial charge in [-0.2, -0.15) is 10.4 Å². The molecule has 0 aromatic heterocycles. The van der Waals surface area contributed by atoms with Crippen LogP contribution in [0.2, 0.25) is 0 Å². The molecular formula is C28H45N7O3. The van der Waals surface area contributed by atoms with Crippen LogP contribution in [0.3, 0.4) is 0 Å². The normalized spacial score (nSPS) is 18.4. The zero-order valence-corrected chi connectivity index (χ0v) is 23.9. The highest BCUT2D eigenvalue weighted by atomic mass is 16.2. The van der Waals surface area contributed by atoms with E-state index in [1.807, 2.05) is 51.1 Å². The lowest BCUT2D eigenvalue weighted by molar-refractivity contribution is -0.131. The van der Waals surface area contributed by atoms with Crippen molar-refractivity contribution < 1.29 is 14.4 Å². The summed E-state index contributed by atoms with van der Waals surface area (Å²) in [6, 6.07) is 11.2. The fourth-order valence-corrected chi connectivity index (χ4v) is 2.94. The van der Waals surface area contributed by atoms with Crippen LogP contribution in [-0.2, 0) is 14.4 Å². The number of aliphatic imine (C=N–C) groups is 1. The summed E-state index contributed by atoms with van der Waals surface area (Å²) < 4.78 is 0. The Balaban J connectivity index is 0.000000702. The molecule has 1 aliphatic heterocycles. The summed E-state index contributed by atoms with van der Waals surface area (Å²) in [5, 5.41) is 17.4. The fourth-order valence-electron chi connectivity index (χ4n) is 2.94. The number of nitriles is 1. The van der Waals surface area contributed by atoms with Gasteiger partial charge < -0.3 is 21.4 Å². The van der Waals surface area contributed by atoms with E-state index in [2.05, 4.69) is 54.5 Å². The van der Waals surface area contributed by atoms with Crippen LogP contribution in [-0.4, -0.2) is 60.2 Å². The molecule has 3 amide bonds. The van der Waals surface area contributed by atoms with Gasteiger partial charge in [-0.1, -0.05) is 66.7 Å². The monoisotopic (exact) mass is 527 g/mol. The number of rotatable bonds is 7. The lowest BCUT2D eigenvalue weighted by Crippen LogP contribution is -2.44. The summed E-state index contributed by atoms with van der Waals surface area (Å²) in [6.07, 6.45) is 4.69. The summed E-state index contributed by atoms with van der Waals surface area (Å²) in [6.45, 7) is 15.1. The van der Waals surface area contributed by atoms with Gasteiger partial charge in [0.15, 0.2) is 5.71 Å². The maximum Gasteiger partial charge on any atom is 0.273 e. The average molecular weight is 528 g/mol. The number of likely N-dealkylation sites (tertiary alicyclic amines) is 1. The van der Waals surface area contributed by atoms with Crippen LogP contribution in [0.15, 0.2) is 40.4 Å². The van der Waals surface area contributed by atoms with Gasteiger partial charge in [-0.3, -0.25) is 19.4 Å². The van der Waals surface area contributed by atoms with Crippen LogP contribution in [0.25, 0.3) is 0 Å². The number of nitrogens with one attached hydrogen (secondary N) is 2. The van der Waals surface area contributed by atoms with Crippen molar-refractivity contribution in [1.82, 2.24) is 10.2 Å². The van der Waals surface area contributed by atoms with E-state index < -0.39 is 11.9 Å². The molecule has 2 fully saturated rings. The molecule has 38 heavy (non-hydrogen) atoms. The second kappa shape index (κ2) is 18.5. The molecule has 4 N–H and O–H groups in total. The Labute approximate surface area is 227 Å². The Bertz CT molecular complexity index is 939. The number of hydrogen-bond acceptors (Lipinski definition) is 7. The molecule has 0 spiro atoms. The first kappa shape index (κ1) is 34.3. The lowest BCUT2D eigenvalue weighted by Gasteiger charge is -2.19. The van der Waals surface area contributed by atoms with Crippen molar-refractivity contribution in [1.29, 1.82) is 5.26 Å². The van der Waals surface area contributed by atoms with Gasteiger partial charge in [-0.25, -0.2) is 0 Å². The number of benzene rings is 1. The maximum atomic E-state index is 12.1. The van der Waals surface area contributed by atoms with E-state index in [-0.39, 0.29) is 30.1 Å². The summed E-state index contributed by atoms with van der Waals surface area (Å²) in [4.78, 5) is 39.5. The topological polar surface area (TPSA) is 153 Å². The van der Waals surface area contributed by atoms with Gasteiger partial charge in [0.1, 0.15) is 6.04 Å². The van der Waals surface area contributed by atoms with E-state index in [1.165, 1.54) is 11.1 Å². The number of amides is 3. The molecule has 1 saturated heterocycles. The van der Waals surface area contributed by atoms with Crippen molar-refractivity contribution in [2.45, 2.75) is 79.8 Å². The minimum atomic E-state index is -0.541. The fraction of sp³-hybridized carbons (Fsp3) is 0.571. The van der Waals surface area contributed by atoms with Crippen molar-refractivity contribution in [3.63, 3.8) is 0 Å². The van der Waals surface area contributed by atoms with E-state index in [4.69, 9.17) is 11.1 Å². The molecule has 1 aromatic rings. The maximum absolute atomic E-state index is 12.1. The van der Waals surface area contributed by atoms with Gasteiger partial charge in [0.25, 0.3) is 5.91 Å². The van der Waals surface area contributed by atoms with Crippen molar-refractivity contribution in [3.05, 3.63) is 30.3 Å². The van der Waals surface area contributed by atoms with Gasteiger partial charge in [0.2, 0.25) is 12.3 Å². The van der Waals surface area contributed by atoms with Crippen LogP contribution in [0, 0.1) is 22.7 Å². The van der Waals surface area contributed by atoms with Crippen molar-refractivity contribution in [2.75, 3.05) is 18.4 Å². The predicted molar refractivity (Wildman–Crippen MR) is 154 cm³/mol. The average Bonchev–Trinajstić information content (AvgIpc) is 3.63. The molecule has 1 aromatic carbocycles. The number of hydrazone groups is 1. The minimum absolute atomic E-state index is 0.00803. The van der Waals surface area contributed by atoms with E-state index >= 15 is 0 Å². The highest BCUT2D eigenvalue weighted by Gasteiger charge is 2.33. The Kier molecular flexibility index (Phi) is 16.7. The zero-order valence-electron chi connectivity index (χ0n) is 23.9. The van der Waals surface area contributed by atoms with E-state index in [1.54, 1.807) is 0 Å². The molecule has 10 nitrogen and oxygen atoms in total. The molecule has 0 bridgehead atoms. The van der Waals surface area contributed by atoms with Crippen LogP contribution >= 0.6 is 0 Å². The number of carbonyl (C=O) groups is 3. The first-order chi connectivity index (χ1) is 18.0. The Morgan fingerprint density at radius 1 is 1.18 bits per heavy atom. The van der Waals surface area contributed by atoms with Gasteiger partial charge in [-0.15, -0.1) is 0 Å². The minimum Gasteiger partial charge on any atom is -0.342 e. The van der Waals surface area contributed by atoms with Gasteiger partial charge in [0, 0.05) is 12.2 Å². The van der Waals surface area contributed by atoms with Crippen LogP contribution in [0.1, 0.15) is 67.7 Å². The first-order valence-corrected chi connectivity index (χ1v) is 13.0. The number of anilines is 1. The molecule has 10 heteroatoms. The van der Waals surface area contributed by atoms with Crippen molar-refractivity contribution >= 4 is 35.8 Å². The molecule has 2 atom stereocenters. The summed E-state index contributed by atoms with van der Waals surface area (Å²) in [5.41, 5.74) is 1.32. The summed E-state index contributed by atoms with van der Waals surface area (Å²) in [5.74, 6) is 4.64. The van der Waals surface area contributed by atoms with Crippen LogP contribution in [0.5, 0.6) is 0 Å². The standard InChI is InChI=1S/C14H20N6O2.C7H7NO.C5H12.C2H6/c1-9-4-11(5-15)20(8-9)13(21)7-18-14(22)12(19-16)6-17-10-2-3-10;9-6-8-7-4-2-1-3-5-7;1-5(2,3)4;1-2/h6,9-11H,2-4,7-8,16H2,1H3,(H,18,22);1-6H,(H,8,9);1-4H3;1-2H3/b17-6?,19-12+;;;. The highest BCUT2D eigenvalue weighted by Crippen LogP contribution is 2.23. The molecule has 1 heterocycles. The summed E-state index contributed by atoms with van der Waals surface area (Å²) in [7, 11) is 0. The molecule has 2 aliphatic rings. The first-order valence-electron chi connectivity index (χ1n) is 13.0. The van der Waals surface area contributed by atoms with Gasteiger partial charge in [0.05, 0.1) is 24.9 Å². The van der Waals surface area contributed by atoms with E-state index in [0.717, 1.165) is 18.5 Å². The largest absolute Gasteiger partial charge is 0.342 e. The molecule has 2 unspecified atom stereocenters. The summed E-state index contributed by atoms with van der Waals surface area (Å²) >= 11 is 0. The molecule has 3 rings (SSSR count). The number of para-hydroxylation sites is 1. The Hall–Kier alpha value is -3.74. The molecule has 0 radical (unpaired) electrons. The molecule has 1 saturated carbocycles. The third-order valence-electron chi connectivity index (χ3n) is 4.71. The van der Waals surface area contributed by atoms with Crippen molar-refractivity contribution in [2.24, 2.45) is 27.3 Å². The third kappa shape index (κ3) is 16.1. The van der Waals surface area contributed by atoms with Crippen molar-refractivity contribution in [3.8, 4) is 6.07 Å². The van der Waals surface area contributed by atoms with Gasteiger partial charge >= 0.3 is 0 Å². The molecule has 1 aliphatic carbocycles. The zero-order chi connectivity index (χ0) is 29.1. The second-order valence-corrected chi connectivity index (χ2v) is 10.4. The number of nitrogens with zero attached hydrogens (tertiary/aromatic N) is 4. The number of hydrogen-bond donors (Lipinski definition) is 3. The lowest BCUT2D eigenvalue weighted by atomic mass is 10.0. The quantitative estimate of drug-likeness (QED) is 0.213. The SMILES string of the molecule is CC.CC(C)(C)C.CC1CC(C#N)N(C(=O)CNC(=O)/C(C=NC2CC2)=N/N)C1.O=CNc1ccccc1. The Morgan fingerprint density at radius 2 is 1.76 bits per heavy atom. The highest BCUT2D eigenvalue weighted by molar-refractivity contribution is 6.60. The van der Waals surface area contributed by atoms with Gasteiger partial charge in [-0.05, 0) is 42.7 Å². The van der Waals surface area contributed by atoms with Crippen LogP contribution < -0.4 is 16.5 Å².